The molecular formula is C42H38O2. The molecule has 2 heteroatoms. The van der Waals surface area contributed by atoms with Crippen molar-refractivity contribution < 1.29 is 10.2 Å². The summed E-state index contributed by atoms with van der Waals surface area (Å²) in [5.41, 5.74) is 14.2. The summed E-state index contributed by atoms with van der Waals surface area (Å²) in [5, 5.41) is 23.6. The minimum atomic E-state index is 0.238. The first-order valence-electron chi connectivity index (χ1n) is 15.2. The van der Waals surface area contributed by atoms with E-state index in [1.807, 2.05) is 50.2 Å². The van der Waals surface area contributed by atoms with Gasteiger partial charge >= 0.3 is 0 Å². The standard InChI is InChI=1S/C42H38O2/c1-27-23-37(25-31-15-19-35(20-16-31)33-11-7-5-8-12-33)41(43)39(29(27)3)40-30(4)28(2)24-38(42(40)44)26-32-17-21-36(22-18-32)34-13-9-6-10-14-34/h5-24,43-44H,25-26H2,1-4H3. The van der Waals surface area contributed by atoms with Crippen molar-refractivity contribution in [2.24, 2.45) is 0 Å². The number of aryl methyl sites for hydroxylation is 2. The maximum atomic E-state index is 11.8. The molecule has 2 N–H and O–H groups in total. The normalized spacial score (nSPS) is 11.1. The summed E-state index contributed by atoms with van der Waals surface area (Å²) in [7, 11) is 0. The van der Waals surface area contributed by atoms with Crippen LogP contribution in [0, 0.1) is 27.7 Å². The van der Waals surface area contributed by atoms with Crippen LogP contribution in [0.2, 0.25) is 0 Å². The Kier molecular flexibility index (Phi) is 8.09. The molecule has 0 bridgehead atoms. The molecule has 0 radical (unpaired) electrons. The van der Waals surface area contributed by atoms with Gasteiger partial charge in [0.25, 0.3) is 0 Å². The lowest BCUT2D eigenvalue weighted by atomic mass is 9.85. The summed E-state index contributed by atoms with van der Waals surface area (Å²) >= 11 is 0. The Balaban J connectivity index is 1.34. The van der Waals surface area contributed by atoms with E-state index in [4.69, 9.17) is 0 Å². The number of benzene rings is 6. The Morgan fingerprint density at radius 2 is 0.727 bits per heavy atom. The third-order valence-electron chi connectivity index (χ3n) is 8.96. The van der Waals surface area contributed by atoms with Crippen molar-refractivity contribution in [2.45, 2.75) is 40.5 Å². The van der Waals surface area contributed by atoms with E-state index in [-0.39, 0.29) is 11.5 Å². The van der Waals surface area contributed by atoms with Gasteiger partial charge in [-0.1, -0.05) is 121 Å². The van der Waals surface area contributed by atoms with Gasteiger partial charge in [-0.15, -0.1) is 0 Å². The number of hydrogen-bond acceptors (Lipinski definition) is 2. The van der Waals surface area contributed by atoms with E-state index in [2.05, 4.69) is 98.8 Å². The molecule has 0 spiro atoms. The monoisotopic (exact) mass is 574 g/mol. The Bertz CT molecular complexity index is 1770. The molecule has 6 rings (SSSR count). The van der Waals surface area contributed by atoms with E-state index in [9.17, 15) is 10.2 Å². The van der Waals surface area contributed by atoms with Gasteiger partial charge in [-0.05, 0) is 94.5 Å². The van der Waals surface area contributed by atoms with Crippen molar-refractivity contribution in [1.82, 2.24) is 0 Å². The minimum Gasteiger partial charge on any atom is -0.507 e. The summed E-state index contributed by atoms with van der Waals surface area (Å²) in [6.07, 6.45) is 1.20. The lowest BCUT2D eigenvalue weighted by Gasteiger charge is -2.21. The van der Waals surface area contributed by atoms with Crippen molar-refractivity contribution in [1.29, 1.82) is 0 Å². The Hall–Kier alpha value is -5.08. The van der Waals surface area contributed by atoms with Crippen molar-refractivity contribution in [3.63, 3.8) is 0 Å². The molecule has 0 fully saturated rings. The van der Waals surface area contributed by atoms with E-state index in [1.165, 1.54) is 22.3 Å². The van der Waals surface area contributed by atoms with Crippen LogP contribution in [-0.4, -0.2) is 10.2 Å². The molecule has 0 aliphatic rings. The van der Waals surface area contributed by atoms with Gasteiger partial charge in [-0.2, -0.15) is 0 Å². The molecule has 0 atom stereocenters. The van der Waals surface area contributed by atoms with Crippen molar-refractivity contribution in [3.05, 3.63) is 166 Å². The van der Waals surface area contributed by atoms with Crippen LogP contribution in [0.3, 0.4) is 0 Å². The molecule has 0 unspecified atom stereocenters. The molecule has 44 heavy (non-hydrogen) atoms. The van der Waals surface area contributed by atoms with Crippen molar-refractivity contribution >= 4 is 0 Å². The van der Waals surface area contributed by atoms with Gasteiger partial charge in [0.2, 0.25) is 0 Å². The Morgan fingerprint density at radius 1 is 0.409 bits per heavy atom. The molecule has 0 aliphatic carbocycles. The first-order valence-corrected chi connectivity index (χ1v) is 15.2. The van der Waals surface area contributed by atoms with Gasteiger partial charge in [0.15, 0.2) is 0 Å². The topological polar surface area (TPSA) is 40.5 Å². The summed E-state index contributed by atoms with van der Waals surface area (Å²) < 4.78 is 0. The highest BCUT2D eigenvalue weighted by molar-refractivity contribution is 5.85. The molecule has 218 valence electrons. The lowest BCUT2D eigenvalue weighted by Crippen LogP contribution is -2.01. The fourth-order valence-electron chi connectivity index (χ4n) is 6.16. The predicted octanol–water partition coefficient (Wildman–Crippen LogP) is 10.5. The van der Waals surface area contributed by atoms with Crippen LogP contribution in [0.25, 0.3) is 33.4 Å². The van der Waals surface area contributed by atoms with Gasteiger partial charge < -0.3 is 10.2 Å². The average molecular weight is 575 g/mol. The van der Waals surface area contributed by atoms with Gasteiger partial charge in [0, 0.05) is 24.0 Å². The maximum Gasteiger partial charge on any atom is 0.127 e. The molecule has 6 aromatic carbocycles. The Morgan fingerprint density at radius 3 is 1.07 bits per heavy atom. The molecule has 0 aliphatic heterocycles. The van der Waals surface area contributed by atoms with E-state index in [0.29, 0.717) is 12.8 Å². The average Bonchev–Trinajstić information content (AvgIpc) is 3.05. The summed E-state index contributed by atoms with van der Waals surface area (Å²) in [5.74, 6) is 0.477. The molecule has 0 aromatic heterocycles. The highest BCUT2D eigenvalue weighted by Crippen LogP contribution is 2.46. The second-order valence-electron chi connectivity index (χ2n) is 11.9. The van der Waals surface area contributed by atoms with Crippen LogP contribution < -0.4 is 0 Å². The smallest absolute Gasteiger partial charge is 0.127 e. The van der Waals surface area contributed by atoms with Crippen LogP contribution in [-0.2, 0) is 12.8 Å². The zero-order valence-corrected chi connectivity index (χ0v) is 25.9. The number of phenolic OH excluding ortho intramolecular Hbond substituents is 2. The van der Waals surface area contributed by atoms with Gasteiger partial charge in [0.05, 0.1) is 0 Å². The van der Waals surface area contributed by atoms with Gasteiger partial charge in [0.1, 0.15) is 11.5 Å². The van der Waals surface area contributed by atoms with Crippen LogP contribution in [0.1, 0.15) is 44.5 Å². The zero-order chi connectivity index (χ0) is 30.8. The fraction of sp³-hybridized carbons (Fsp3) is 0.143. The van der Waals surface area contributed by atoms with E-state index in [1.54, 1.807) is 0 Å². The van der Waals surface area contributed by atoms with Gasteiger partial charge in [-0.25, -0.2) is 0 Å². The second kappa shape index (κ2) is 12.3. The van der Waals surface area contributed by atoms with Crippen LogP contribution in [0.15, 0.2) is 121 Å². The number of phenols is 2. The maximum absolute atomic E-state index is 11.8. The SMILES string of the molecule is Cc1cc(Cc2ccc(-c3ccccc3)cc2)c(O)c(-c2c(C)c(C)cc(Cc3ccc(-c4ccccc4)cc3)c2O)c1C. The summed E-state index contributed by atoms with van der Waals surface area (Å²) in [6.45, 7) is 8.23. The van der Waals surface area contributed by atoms with E-state index in [0.717, 1.165) is 55.6 Å². The molecule has 2 nitrogen and oxygen atoms in total. The van der Waals surface area contributed by atoms with E-state index < -0.39 is 0 Å². The molecule has 0 saturated heterocycles. The quantitative estimate of drug-likeness (QED) is 0.199. The molecule has 6 aromatic rings. The van der Waals surface area contributed by atoms with Crippen LogP contribution in [0.5, 0.6) is 11.5 Å². The largest absolute Gasteiger partial charge is 0.507 e. The number of aromatic hydroxyl groups is 2. The first-order chi connectivity index (χ1) is 21.3. The predicted molar refractivity (Wildman–Crippen MR) is 184 cm³/mol. The minimum absolute atomic E-state index is 0.238. The van der Waals surface area contributed by atoms with Crippen LogP contribution in [0.4, 0.5) is 0 Å². The molecule has 0 amide bonds. The highest BCUT2D eigenvalue weighted by atomic mass is 16.3. The van der Waals surface area contributed by atoms with Crippen molar-refractivity contribution in [3.8, 4) is 44.9 Å². The third kappa shape index (κ3) is 5.76. The number of rotatable bonds is 7. The second-order valence-corrected chi connectivity index (χ2v) is 11.9. The molecule has 0 saturated carbocycles. The summed E-state index contributed by atoms with van der Waals surface area (Å²) in [6, 6.07) is 41.9. The highest BCUT2D eigenvalue weighted by Gasteiger charge is 2.23. The Labute approximate surface area is 260 Å². The van der Waals surface area contributed by atoms with E-state index >= 15 is 0 Å². The fourth-order valence-corrected chi connectivity index (χ4v) is 6.16. The third-order valence-corrected chi connectivity index (χ3v) is 8.96. The zero-order valence-electron chi connectivity index (χ0n) is 25.9. The van der Waals surface area contributed by atoms with Crippen molar-refractivity contribution in [2.75, 3.05) is 0 Å². The number of hydrogen-bond donors (Lipinski definition) is 2. The lowest BCUT2D eigenvalue weighted by molar-refractivity contribution is 0.462. The van der Waals surface area contributed by atoms with Crippen LogP contribution >= 0.6 is 0 Å². The first kappa shape index (κ1) is 29.0. The summed E-state index contributed by atoms with van der Waals surface area (Å²) in [4.78, 5) is 0. The van der Waals surface area contributed by atoms with Gasteiger partial charge in [-0.3, -0.25) is 0 Å². The molecular weight excluding hydrogens is 536 g/mol. The molecule has 0 heterocycles.